The van der Waals surface area contributed by atoms with Gasteiger partial charge in [0.15, 0.2) is 0 Å². The highest BCUT2D eigenvalue weighted by molar-refractivity contribution is 8.00. The second-order valence-corrected chi connectivity index (χ2v) is 6.32. The SMILES string of the molecule is CCN(C(=O)CSc1ccccc1)C1CCCC1CN. The third kappa shape index (κ3) is 3.76. The fourth-order valence-corrected chi connectivity index (χ4v) is 3.85. The van der Waals surface area contributed by atoms with Crippen LogP contribution in [0.25, 0.3) is 0 Å². The fourth-order valence-electron chi connectivity index (χ4n) is 3.04. The first-order valence-electron chi connectivity index (χ1n) is 7.43. The smallest absolute Gasteiger partial charge is 0.233 e. The van der Waals surface area contributed by atoms with Crippen molar-refractivity contribution in [3.05, 3.63) is 30.3 Å². The Morgan fingerprint density at radius 3 is 2.75 bits per heavy atom. The molecule has 1 saturated carbocycles. The predicted octanol–water partition coefficient (Wildman–Crippen LogP) is 2.75. The van der Waals surface area contributed by atoms with Gasteiger partial charge in [0.05, 0.1) is 5.75 Å². The Morgan fingerprint density at radius 2 is 2.10 bits per heavy atom. The van der Waals surface area contributed by atoms with E-state index >= 15 is 0 Å². The average Bonchev–Trinajstić information content (AvgIpc) is 2.95. The van der Waals surface area contributed by atoms with Crippen molar-refractivity contribution in [1.82, 2.24) is 4.90 Å². The molecule has 1 aromatic rings. The summed E-state index contributed by atoms with van der Waals surface area (Å²) < 4.78 is 0. The number of thioether (sulfide) groups is 1. The van der Waals surface area contributed by atoms with Gasteiger partial charge in [-0.3, -0.25) is 4.79 Å². The molecule has 2 atom stereocenters. The van der Waals surface area contributed by atoms with Crippen LogP contribution in [0.1, 0.15) is 26.2 Å². The Bertz CT molecular complexity index is 424. The summed E-state index contributed by atoms with van der Waals surface area (Å²) in [4.78, 5) is 15.7. The molecule has 0 aliphatic heterocycles. The van der Waals surface area contributed by atoms with Gasteiger partial charge in [0, 0.05) is 17.5 Å². The van der Waals surface area contributed by atoms with Crippen LogP contribution in [-0.4, -0.2) is 35.7 Å². The lowest BCUT2D eigenvalue weighted by molar-refractivity contribution is -0.131. The molecular weight excluding hydrogens is 268 g/mol. The lowest BCUT2D eigenvalue weighted by atomic mass is 10.0. The van der Waals surface area contributed by atoms with Gasteiger partial charge in [-0.2, -0.15) is 0 Å². The maximum atomic E-state index is 12.5. The number of benzene rings is 1. The summed E-state index contributed by atoms with van der Waals surface area (Å²) in [7, 11) is 0. The van der Waals surface area contributed by atoms with E-state index in [1.165, 1.54) is 6.42 Å². The van der Waals surface area contributed by atoms with Crippen LogP contribution in [0, 0.1) is 5.92 Å². The Morgan fingerprint density at radius 1 is 1.35 bits per heavy atom. The molecule has 1 fully saturated rings. The molecule has 0 spiro atoms. The van der Waals surface area contributed by atoms with E-state index in [-0.39, 0.29) is 5.91 Å². The van der Waals surface area contributed by atoms with E-state index in [0.717, 1.165) is 24.3 Å². The van der Waals surface area contributed by atoms with E-state index in [0.29, 0.717) is 24.3 Å². The summed E-state index contributed by atoms with van der Waals surface area (Å²) in [5, 5.41) is 0. The molecule has 0 heterocycles. The molecule has 1 aliphatic carbocycles. The van der Waals surface area contributed by atoms with Crippen molar-refractivity contribution < 1.29 is 4.79 Å². The Labute approximate surface area is 125 Å². The fraction of sp³-hybridized carbons (Fsp3) is 0.562. The van der Waals surface area contributed by atoms with Gasteiger partial charge in [0.2, 0.25) is 5.91 Å². The van der Waals surface area contributed by atoms with Crippen LogP contribution in [0.4, 0.5) is 0 Å². The lowest BCUT2D eigenvalue weighted by Gasteiger charge is -2.32. The highest BCUT2D eigenvalue weighted by atomic mass is 32.2. The molecule has 3 nitrogen and oxygen atoms in total. The van der Waals surface area contributed by atoms with E-state index in [9.17, 15) is 4.79 Å². The number of carbonyl (C=O) groups excluding carboxylic acids is 1. The maximum Gasteiger partial charge on any atom is 0.233 e. The topological polar surface area (TPSA) is 46.3 Å². The third-order valence-corrected chi connectivity index (χ3v) is 5.09. The minimum Gasteiger partial charge on any atom is -0.339 e. The number of hydrogen-bond donors (Lipinski definition) is 1. The van der Waals surface area contributed by atoms with Crippen LogP contribution < -0.4 is 5.73 Å². The van der Waals surface area contributed by atoms with Crippen LogP contribution in [0.15, 0.2) is 35.2 Å². The van der Waals surface area contributed by atoms with Gasteiger partial charge < -0.3 is 10.6 Å². The van der Waals surface area contributed by atoms with E-state index in [2.05, 4.69) is 6.92 Å². The molecule has 0 bridgehead atoms. The molecule has 1 aliphatic rings. The number of nitrogens with two attached hydrogens (primary N) is 1. The van der Waals surface area contributed by atoms with Crippen LogP contribution in [0.3, 0.4) is 0 Å². The van der Waals surface area contributed by atoms with Gasteiger partial charge in [-0.15, -0.1) is 11.8 Å². The predicted molar refractivity (Wildman–Crippen MR) is 84.7 cm³/mol. The Hall–Kier alpha value is -1.00. The summed E-state index contributed by atoms with van der Waals surface area (Å²) in [5.41, 5.74) is 5.84. The Balaban J connectivity index is 1.92. The zero-order chi connectivity index (χ0) is 14.4. The number of carbonyl (C=O) groups is 1. The zero-order valence-corrected chi connectivity index (χ0v) is 12.9. The molecule has 110 valence electrons. The standard InChI is InChI=1S/C16H24N2OS/c1-2-18(15-10-6-7-13(15)11-17)16(19)12-20-14-8-4-3-5-9-14/h3-5,8-9,13,15H,2,6-7,10-12,17H2,1H3. The van der Waals surface area contributed by atoms with Gasteiger partial charge >= 0.3 is 0 Å². The Kier molecular flexibility index (Phi) is 5.92. The third-order valence-electron chi connectivity index (χ3n) is 4.09. The van der Waals surface area contributed by atoms with Gasteiger partial charge in [0.25, 0.3) is 0 Å². The van der Waals surface area contributed by atoms with E-state index in [1.807, 2.05) is 35.2 Å². The van der Waals surface area contributed by atoms with E-state index < -0.39 is 0 Å². The molecule has 20 heavy (non-hydrogen) atoms. The minimum atomic E-state index is 0.242. The van der Waals surface area contributed by atoms with Crippen LogP contribution in [-0.2, 0) is 4.79 Å². The van der Waals surface area contributed by atoms with Crippen molar-refractivity contribution in [2.24, 2.45) is 11.7 Å². The monoisotopic (exact) mass is 292 g/mol. The number of hydrogen-bond acceptors (Lipinski definition) is 3. The first-order valence-corrected chi connectivity index (χ1v) is 8.42. The van der Waals surface area contributed by atoms with Crippen molar-refractivity contribution in [3.63, 3.8) is 0 Å². The van der Waals surface area contributed by atoms with Gasteiger partial charge in [0.1, 0.15) is 0 Å². The first kappa shape index (κ1) is 15.4. The van der Waals surface area contributed by atoms with Crippen molar-refractivity contribution in [2.45, 2.75) is 37.1 Å². The quantitative estimate of drug-likeness (QED) is 0.820. The molecule has 0 radical (unpaired) electrons. The molecule has 4 heteroatoms. The molecular formula is C16H24N2OS. The molecule has 0 saturated heterocycles. The van der Waals surface area contributed by atoms with Crippen LogP contribution >= 0.6 is 11.8 Å². The van der Waals surface area contributed by atoms with Gasteiger partial charge in [-0.05, 0) is 44.4 Å². The van der Waals surface area contributed by atoms with E-state index in [1.54, 1.807) is 11.8 Å². The maximum absolute atomic E-state index is 12.5. The summed E-state index contributed by atoms with van der Waals surface area (Å²) in [6.45, 7) is 3.55. The highest BCUT2D eigenvalue weighted by Crippen LogP contribution is 2.30. The molecule has 2 N–H and O–H groups in total. The van der Waals surface area contributed by atoms with Crippen molar-refractivity contribution in [2.75, 3.05) is 18.8 Å². The minimum absolute atomic E-state index is 0.242. The summed E-state index contributed by atoms with van der Waals surface area (Å²) >= 11 is 1.62. The van der Waals surface area contributed by atoms with E-state index in [4.69, 9.17) is 5.73 Å². The van der Waals surface area contributed by atoms with Crippen molar-refractivity contribution in [1.29, 1.82) is 0 Å². The summed E-state index contributed by atoms with van der Waals surface area (Å²) in [6, 6.07) is 10.5. The van der Waals surface area contributed by atoms with Gasteiger partial charge in [-0.25, -0.2) is 0 Å². The molecule has 1 amide bonds. The number of rotatable bonds is 6. The summed E-state index contributed by atoms with van der Waals surface area (Å²) in [6.07, 6.45) is 3.47. The van der Waals surface area contributed by atoms with Crippen LogP contribution in [0.2, 0.25) is 0 Å². The molecule has 0 aromatic heterocycles. The van der Waals surface area contributed by atoms with Crippen molar-refractivity contribution >= 4 is 17.7 Å². The molecule has 2 rings (SSSR count). The van der Waals surface area contributed by atoms with Crippen molar-refractivity contribution in [3.8, 4) is 0 Å². The average molecular weight is 292 g/mol. The molecule has 1 aromatic carbocycles. The normalized spacial score (nSPS) is 21.9. The summed E-state index contributed by atoms with van der Waals surface area (Å²) in [5.74, 6) is 1.25. The molecule has 2 unspecified atom stereocenters. The first-order chi connectivity index (χ1) is 9.76. The van der Waals surface area contributed by atoms with Gasteiger partial charge in [-0.1, -0.05) is 24.6 Å². The largest absolute Gasteiger partial charge is 0.339 e. The second kappa shape index (κ2) is 7.70. The zero-order valence-electron chi connectivity index (χ0n) is 12.1. The number of nitrogens with zero attached hydrogens (tertiary/aromatic N) is 1. The lowest BCUT2D eigenvalue weighted by Crippen LogP contribution is -2.44. The number of amides is 1. The van der Waals surface area contributed by atoms with Crippen LogP contribution in [0.5, 0.6) is 0 Å². The highest BCUT2D eigenvalue weighted by Gasteiger charge is 2.32. The second-order valence-electron chi connectivity index (χ2n) is 5.28.